The molecule has 0 aliphatic heterocycles. The second kappa shape index (κ2) is 15.3. The SMILES string of the molecule is C=C(c1oc2ccccc2c1N=C(C)C(C)CC)C(C)CC.CCC(CC(=O)O)CC(C)C(=O)OC. The van der Waals surface area contributed by atoms with Crippen LogP contribution in [0.5, 0.6) is 0 Å². The summed E-state index contributed by atoms with van der Waals surface area (Å²) in [4.78, 5) is 26.5. The first-order valence-corrected chi connectivity index (χ1v) is 13.1. The first-order valence-electron chi connectivity index (χ1n) is 13.1. The van der Waals surface area contributed by atoms with Crippen molar-refractivity contribution in [3.05, 3.63) is 36.6 Å². The van der Waals surface area contributed by atoms with E-state index >= 15 is 0 Å². The highest BCUT2D eigenvalue weighted by Gasteiger charge is 2.21. The van der Waals surface area contributed by atoms with Crippen LogP contribution in [-0.4, -0.2) is 29.9 Å². The van der Waals surface area contributed by atoms with Crippen LogP contribution < -0.4 is 0 Å². The standard InChI is InChI=1S/C20H27NO.C10H18O4/c1-7-13(3)15(5)20-19(21-16(6)14(4)8-2)17-11-9-10-12-18(17)22-20;1-4-8(6-9(11)12)5-7(2)10(13)14-3/h9-14H,5,7-8H2,1-4,6H3;7-8H,4-6H2,1-3H3,(H,11,12). The van der Waals surface area contributed by atoms with E-state index in [1.165, 1.54) is 7.11 Å². The number of carbonyl (C=O) groups is 2. The zero-order chi connectivity index (χ0) is 27.4. The number of nitrogens with zero attached hydrogens (tertiary/aromatic N) is 1. The Balaban J connectivity index is 0.000000402. The van der Waals surface area contributed by atoms with E-state index in [9.17, 15) is 9.59 Å². The van der Waals surface area contributed by atoms with Crippen molar-refractivity contribution in [2.24, 2.45) is 28.7 Å². The maximum Gasteiger partial charge on any atom is 0.308 e. The van der Waals surface area contributed by atoms with Crippen LogP contribution in [0, 0.1) is 23.7 Å². The molecule has 2 rings (SSSR count). The number of methoxy groups -OCH3 is 1. The predicted molar refractivity (Wildman–Crippen MR) is 149 cm³/mol. The summed E-state index contributed by atoms with van der Waals surface area (Å²) in [6, 6.07) is 8.11. The number of furan rings is 1. The summed E-state index contributed by atoms with van der Waals surface area (Å²) in [6.07, 6.45) is 3.61. The lowest BCUT2D eigenvalue weighted by atomic mass is 9.91. The molecule has 1 N–H and O–H groups in total. The molecule has 6 heteroatoms. The molecule has 0 saturated heterocycles. The number of fused-ring (bicyclic) bond motifs is 1. The quantitative estimate of drug-likeness (QED) is 0.234. The van der Waals surface area contributed by atoms with Crippen molar-refractivity contribution in [1.82, 2.24) is 0 Å². The van der Waals surface area contributed by atoms with Crippen LogP contribution in [0.25, 0.3) is 16.5 Å². The number of carboxylic acids is 1. The van der Waals surface area contributed by atoms with Gasteiger partial charge in [-0.25, -0.2) is 0 Å². The van der Waals surface area contributed by atoms with Crippen molar-refractivity contribution in [3.8, 4) is 0 Å². The molecule has 2 aromatic rings. The van der Waals surface area contributed by atoms with Crippen LogP contribution in [0.1, 0.15) is 86.3 Å². The molecule has 1 aromatic carbocycles. The highest BCUT2D eigenvalue weighted by molar-refractivity contribution is 5.99. The number of para-hydroxylation sites is 1. The number of hydrogen-bond acceptors (Lipinski definition) is 5. The van der Waals surface area contributed by atoms with Crippen LogP contribution >= 0.6 is 0 Å². The van der Waals surface area contributed by atoms with Gasteiger partial charge in [-0.05, 0) is 61.6 Å². The molecule has 1 aromatic heterocycles. The number of carbonyl (C=O) groups excluding carboxylic acids is 1. The van der Waals surface area contributed by atoms with Gasteiger partial charge in [0.1, 0.15) is 11.3 Å². The first kappa shape index (κ1) is 31.1. The fourth-order valence-electron chi connectivity index (χ4n) is 3.85. The van der Waals surface area contributed by atoms with E-state index in [4.69, 9.17) is 14.5 Å². The summed E-state index contributed by atoms with van der Waals surface area (Å²) in [5, 5.41) is 9.68. The van der Waals surface area contributed by atoms with Crippen molar-refractivity contribution in [2.75, 3.05) is 7.11 Å². The summed E-state index contributed by atoms with van der Waals surface area (Å²) in [5.41, 5.74) is 4.01. The van der Waals surface area contributed by atoms with Gasteiger partial charge in [-0.15, -0.1) is 0 Å². The average molecular weight is 500 g/mol. The number of benzene rings is 1. The summed E-state index contributed by atoms with van der Waals surface area (Å²) < 4.78 is 10.7. The molecule has 4 atom stereocenters. The molecule has 0 radical (unpaired) electrons. The number of ether oxygens (including phenoxy) is 1. The molecule has 36 heavy (non-hydrogen) atoms. The van der Waals surface area contributed by atoms with Crippen LogP contribution in [0.3, 0.4) is 0 Å². The molecule has 0 spiro atoms. The van der Waals surface area contributed by atoms with Crippen LogP contribution in [0.2, 0.25) is 0 Å². The van der Waals surface area contributed by atoms with Crippen LogP contribution in [0.4, 0.5) is 5.69 Å². The Hall–Kier alpha value is -2.89. The first-order chi connectivity index (χ1) is 17.0. The van der Waals surface area contributed by atoms with E-state index in [1.807, 2.05) is 25.1 Å². The zero-order valence-corrected chi connectivity index (χ0v) is 23.4. The second-order valence-electron chi connectivity index (χ2n) is 9.71. The Bertz CT molecular complexity index is 1040. The summed E-state index contributed by atoms with van der Waals surface area (Å²) in [7, 11) is 1.34. The molecule has 0 amide bonds. The fraction of sp³-hybridized carbons (Fsp3) is 0.567. The van der Waals surface area contributed by atoms with Crippen molar-refractivity contribution in [1.29, 1.82) is 0 Å². The third-order valence-corrected chi connectivity index (χ3v) is 7.01. The lowest BCUT2D eigenvalue weighted by molar-refractivity contribution is -0.146. The molecular weight excluding hydrogens is 454 g/mol. The van der Waals surface area contributed by atoms with Gasteiger partial charge < -0.3 is 14.3 Å². The minimum atomic E-state index is -0.811. The van der Waals surface area contributed by atoms with Crippen molar-refractivity contribution in [3.63, 3.8) is 0 Å². The third kappa shape index (κ3) is 8.96. The lowest BCUT2D eigenvalue weighted by Crippen LogP contribution is -2.18. The number of aliphatic imine (C=N–C) groups is 1. The van der Waals surface area contributed by atoms with E-state index < -0.39 is 5.97 Å². The minimum Gasteiger partial charge on any atom is -0.481 e. The topological polar surface area (TPSA) is 89.1 Å². The Morgan fingerprint density at radius 1 is 1.03 bits per heavy atom. The van der Waals surface area contributed by atoms with E-state index in [0.29, 0.717) is 18.3 Å². The Morgan fingerprint density at radius 2 is 1.64 bits per heavy atom. The third-order valence-electron chi connectivity index (χ3n) is 7.01. The Kier molecular flexibility index (Phi) is 13.2. The Labute approximate surface area is 216 Å². The smallest absolute Gasteiger partial charge is 0.308 e. The van der Waals surface area contributed by atoms with Gasteiger partial charge in [-0.3, -0.25) is 14.6 Å². The maximum atomic E-state index is 11.1. The normalized spacial score (nSPS) is 14.8. The molecular formula is C30H45NO5. The Morgan fingerprint density at radius 3 is 2.17 bits per heavy atom. The molecule has 0 bridgehead atoms. The number of allylic oxidation sites excluding steroid dienone is 1. The monoisotopic (exact) mass is 499 g/mol. The number of esters is 1. The van der Waals surface area contributed by atoms with Gasteiger partial charge in [-0.1, -0.05) is 66.7 Å². The van der Waals surface area contributed by atoms with Crippen molar-refractivity contribution >= 4 is 39.9 Å². The van der Waals surface area contributed by atoms with Gasteiger partial charge in [0.25, 0.3) is 0 Å². The lowest BCUT2D eigenvalue weighted by Gasteiger charge is -2.16. The fourth-order valence-corrected chi connectivity index (χ4v) is 3.85. The summed E-state index contributed by atoms with van der Waals surface area (Å²) in [6.45, 7) is 18.8. The summed E-state index contributed by atoms with van der Waals surface area (Å²) >= 11 is 0. The van der Waals surface area contributed by atoms with Gasteiger partial charge in [0.2, 0.25) is 0 Å². The molecule has 0 aliphatic rings. The molecule has 4 unspecified atom stereocenters. The predicted octanol–water partition coefficient (Wildman–Crippen LogP) is 8.32. The van der Waals surface area contributed by atoms with E-state index in [0.717, 1.165) is 53.0 Å². The molecule has 1 heterocycles. The maximum absolute atomic E-state index is 11.1. The minimum absolute atomic E-state index is 0.0570. The molecule has 0 aliphatic carbocycles. The molecule has 6 nitrogen and oxygen atoms in total. The molecule has 0 fully saturated rings. The van der Waals surface area contributed by atoms with Crippen LogP contribution in [0.15, 0.2) is 40.3 Å². The number of aliphatic carboxylic acids is 1. The van der Waals surface area contributed by atoms with E-state index in [2.05, 4.69) is 52.0 Å². The van der Waals surface area contributed by atoms with Gasteiger partial charge in [0, 0.05) is 17.5 Å². The van der Waals surface area contributed by atoms with Gasteiger partial charge in [0.05, 0.1) is 13.0 Å². The van der Waals surface area contributed by atoms with Crippen molar-refractivity contribution < 1.29 is 23.8 Å². The number of rotatable bonds is 12. The highest BCUT2D eigenvalue weighted by atomic mass is 16.5. The van der Waals surface area contributed by atoms with Gasteiger partial charge >= 0.3 is 11.9 Å². The van der Waals surface area contributed by atoms with Crippen LogP contribution in [-0.2, 0) is 14.3 Å². The number of hydrogen-bond donors (Lipinski definition) is 1. The zero-order valence-electron chi connectivity index (χ0n) is 23.4. The highest BCUT2D eigenvalue weighted by Crippen LogP contribution is 2.40. The van der Waals surface area contributed by atoms with E-state index in [1.54, 1.807) is 6.92 Å². The molecule has 200 valence electrons. The second-order valence-corrected chi connectivity index (χ2v) is 9.71. The van der Waals surface area contributed by atoms with E-state index in [-0.39, 0.29) is 24.2 Å². The van der Waals surface area contributed by atoms with Crippen molar-refractivity contribution in [2.45, 2.75) is 80.6 Å². The summed E-state index contributed by atoms with van der Waals surface area (Å²) in [5.74, 6) is 0.462. The largest absolute Gasteiger partial charge is 0.481 e. The van der Waals surface area contributed by atoms with Gasteiger partial charge in [0.15, 0.2) is 5.76 Å². The van der Waals surface area contributed by atoms with Gasteiger partial charge in [-0.2, -0.15) is 0 Å². The number of carboxylic acid groups (broad SMARTS) is 1. The molecule has 0 saturated carbocycles. The average Bonchev–Trinajstić information content (AvgIpc) is 3.24.